The molecule has 0 saturated heterocycles. The van der Waals surface area contributed by atoms with E-state index in [1.54, 1.807) is 11.8 Å². The van der Waals surface area contributed by atoms with Crippen LogP contribution in [0.2, 0.25) is 5.02 Å². The molecule has 2 atom stereocenters. The van der Waals surface area contributed by atoms with Crippen LogP contribution in [0.3, 0.4) is 0 Å². The molecule has 3 N–H and O–H groups in total. The topological polar surface area (TPSA) is 46.2 Å². The molecule has 0 bridgehead atoms. The second kappa shape index (κ2) is 8.59. The average Bonchev–Trinajstić information content (AvgIpc) is 2.54. The van der Waals surface area contributed by atoms with Crippen LogP contribution in [0.4, 0.5) is 0 Å². The maximum atomic E-state index is 10.3. The zero-order chi connectivity index (χ0) is 15.9. The third-order valence-electron chi connectivity index (χ3n) is 3.59. The fourth-order valence-electron chi connectivity index (χ4n) is 2.28. The Morgan fingerprint density at radius 2 is 1.82 bits per heavy atom. The van der Waals surface area contributed by atoms with Gasteiger partial charge in [0.2, 0.25) is 0 Å². The van der Waals surface area contributed by atoms with Crippen LogP contribution in [0.5, 0.6) is 0 Å². The van der Waals surface area contributed by atoms with Gasteiger partial charge in [0.05, 0.1) is 12.1 Å². The molecule has 0 spiro atoms. The number of nitrogens with two attached hydrogens (primary N) is 1. The van der Waals surface area contributed by atoms with E-state index in [1.165, 1.54) is 0 Å². The molecule has 0 heterocycles. The second-order valence-electron chi connectivity index (χ2n) is 5.33. The van der Waals surface area contributed by atoms with E-state index in [1.807, 2.05) is 48.5 Å². The highest BCUT2D eigenvalue weighted by Gasteiger charge is 2.19. The van der Waals surface area contributed by atoms with E-state index >= 15 is 0 Å². The summed E-state index contributed by atoms with van der Waals surface area (Å²) in [6, 6.07) is 15.4. The van der Waals surface area contributed by atoms with Crippen LogP contribution >= 0.6 is 23.4 Å². The minimum Gasteiger partial charge on any atom is -0.391 e. The fraction of sp³-hybridized carbons (Fsp3) is 0.333. The van der Waals surface area contributed by atoms with Crippen LogP contribution < -0.4 is 5.73 Å². The van der Waals surface area contributed by atoms with Gasteiger partial charge in [-0.05, 0) is 42.3 Å². The van der Waals surface area contributed by atoms with Crippen molar-refractivity contribution in [3.8, 4) is 0 Å². The number of aliphatic hydroxyl groups excluding tert-OH is 1. The van der Waals surface area contributed by atoms with Crippen LogP contribution in [-0.2, 0) is 0 Å². The molecule has 0 fully saturated rings. The molecule has 0 aromatic heterocycles. The molecule has 2 aromatic carbocycles. The first kappa shape index (κ1) is 17.4. The Kier molecular flexibility index (Phi) is 6.77. The van der Waals surface area contributed by atoms with Crippen molar-refractivity contribution in [2.75, 3.05) is 0 Å². The molecular formula is C18H22ClNOS. The van der Waals surface area contributed by atoms with E-state index < -0.39 is 6.10 Å². The lowest BCUT2D eigenvalue weighted by molar-refractivity contribution is 0.131. The van der Waals surface area contributed by atoms with Crippen molar-refractivity contribution < 1.29 is 5.11 Å². The maximum absolute atomic E-state index is 10.3. The smallest absolute Gasteiger partial charge is 0.0733 e. The van der Waals surface area contributed by atoms with Crippen LogP contribution in [0.1, 0.15) is 37.8 Å². The Morgan fingerprint density at radius 1 is 1.14 bits per heavy atom. The third kappa shape index (κ3) is 4.75. The first-order chi connectivity index (χ1) is 10.6. The fourth-order valence-corrected chi connectivity index (χ4v) is 3.40. The lowest BCUT2D eigenvalue weighted by Gasteiger charge is -2.21. The zero-order valence-corrected chi connectivity index (χ0v) is 14.3. The maximum Gasteiger partial charge on any atom is 0.0733 e. The van der Waals surface area contributed by atoms with Crippen molar-refractivity contribution in [2.45, 2.75) is 48.1 Å². The van der Waals surface area contributed by atoms with E-state index in [-0.39, 0.29) is 6.04 Å². The predicted molar refractivity (Wildman–Crippen MR) is 94.5 cm³/mol. The summed E-state index contributed by atoms with van der Waals surface area (Å²) in [5, 5.41) is 11.0. The van der Waals surface area contributed by atoms with E-state index in [2.05, 4.69) is 6.92 Å². The molecule has 0 unspecified atom stereocenters. The molecule has 2 rings (SSSR count). The van der Waals surface area contributed by atoms with E-state index in [0.29, 0.717) is 0 Å². The van der Waals surface area contributed by atoms with E-state index in [4.69, 9.17) is 17.3 Å². The third-order valence-corrected chi connectivity index (χ3v) is 4.94. The highest BCUT2D eigenvalue weighted by atomic mass is 35.5. The molecule has 2 nitrogen and oxygen atoms in total. The van der Waals surface area contributed by atoms with Gasteiger partial charge in [-0.3, -0.25) is 0 Å². The Morgan fingerprint density at radius 3 is 2.50 bits per heavy atom. The van der Waals surface area contributed by atoms with Gasteiger partial charge in [-0.25, -0.2) is 0 Å². The van der Waals surface area contributed by atoms with Gasteiger partial charge in [-0.2, -0.15) is 0 Å². The molecular weight excluding hydrogens is 314 g/mol. The summed E-state index contributed by atoms with van der Waals surface area (Å²) in [5.41, 5.74) is 7.27. The summed E-state index contributed by atoms with van der Waals surface area (Å²) < 4.78 is 0. The minimum absolute atomic E-state index is 0.359. The van der Waals surface area contributed by atoms with Gasteiger partial charge in [-0.1, -0.05) is 61.3 Å². The van der Waals surface area contributed by atoms with Crippen LogP contribution in [0.15, 0.2) is 58.3 Å². The Bertz CT molecular complexity index is 588. The molecule has 4 heteroatoms. The normalized spacial score (nSPS) is 13.8. The van der Waals surface area contributed by atoms with Crippen molar-refractivity contribution in [2.24, 2.45) is 5.73 Å². The largest absolute Gasteiger partial charge is 0.391 e. The summed E-state index contributed by atoms with van der Waals surface area (Å²) in [5.74, 6) is 0. The number of rotatable bonds is 7. The van der Waals surface area contributed by atoms with Crippen molar-refractivity contribution in [1.29, 1.82) is 0 Å². The summed E-state index contributed by atoms with van der Waals surface area (Å²) in [7, 11) is 0. The average molecular weight is 336 g/mol. The minimum atomic E-state index is -0.507. The van der Waals surface area contributed by atoms with Crippen molar-refractivity contribution in [3.05, 3.63) is 59.1 Å². The van der Waals surface area contributed by atoms with Gasteiger partial charge in [0.15, 0.2) is 0 Å². The lowest BCUT2D eigenvalue weighted by Crippen LogP contribution is -2.26. The lowest BCUT2D eigenvalue weighted by atomic mass is 9.98. The Balaban J connectivity index is 2.17. The Labute approximate surface area is 141 Å². The number of hydrogen-bond donors (Lipinski definition) is 2. The van der Waals surface area contributed by atoms with Crippen LogP contribution in [0, 0.1) is 0 Å². The molecule has 2 aromatic rings. The van der Waals surface area contributed by atoms with Gasteiger partial charge in [0.1, 0.15) is 0 Å². The first-order valence-electron chi connectivity index (χ1n) is 7.57. The number of unbranched alkanes of at least 4 members (excludes halogenated alkanes) is 1. The molecule has 0 radical (unpaired) electrons. The van der Waals surface area contributed by atoms with Gasteiger partial charge >= 0.3 is 0 Å². The van der Waals surface area contributed by atoms with Crippen LogP contribution in [0.25, 0.3) is 0 Å². The summed E-state index contributed by atoms with van der Waals surface area (Å²) >= 11 is 7.57. The Hall–Kier alpha value is -1.00. The molecule has 0 aliphatic rings. The standard InChI is InChI=1S/C18H22ClNOS/c1-2-3-7-16(21)18(20)15-6-4-5-8-17(15)22-14-11-9-13(19)10-12-14/h4-6,8-12,16,18,21H,2-3,7,20H2,1H3/t16-,18+/m0/s1. The molecule has 0 saturated carbocycles. The summed E-state index contributed by atoms with van der Waals surface area (Å²) in [6.07, 6.45) is 2.27. The molecule has 0 aliphatic heterocycles. The number of halogens is 1. The monoisotopic (exact) mass is 335 g/mol. The van der Waals surface area contributed by atoms with Crippen molar-refractivity contribution >= 4 is 23.4 Å². The second-order valence-corrected chi connectivity index (χ2v) is 6.88. The van der Waals surface area contributed by atoms with Gasteiger partial charge < -0.3 is 10.8 Å². The summed E-state index contributed by atoms with van der Waals surface area (Å²) in [4.78, 5) is 2.18. The van der Waals surface area contributed by atoms with E-state index in [9.17, 15) is 5.11 Å². The number of benzene rings is 2. The number of hydrogen-bond acceptors (Lipinski definition) is 3. The van der Waals surface area contributed by atoms with Gasteiger partial charge in [0.25, 0.3) is 0 Å². The van der Waals surface area contributed by atoms with E-state index in [0.717, 1.165) is 39.6 Å². The van der Waals surface area contributed by atoms with Crippen molar-refractivity contribution in [1.82, 2.24) is 0 Å². The summed E-state index contributed by atoms with van der Waals surface area (Å²) in [6.45, 7) is 2.11. The molecule has 22 heavy (non-hydrogen) atoms. The predicted octanol–water partition coefficient (Wildman–Crippen LogP) is 5.04. The number of aliphatic hydroxyl groups is 1. The highest BCUT2D eigenvalue weighted by molar-refractivity contribution is 7.99. The first-order valence-corrected chi connectivity index (χ1v) is 8.77. The molecule has 118 valence electrons. The van der Waals surface area contributed by atoms with Gasteiger partial charge in [-0.15, -0.1) is 0 Å². The zero-order valence-electron chi connectivity index (χ0n) is 12.7. The highest BCUT2D eigenvalue weighted by Crippen LogP contribution is 2.34. The molecule has 0 aliphatic carbocycles. The van der Waals surface area contributed by atoms with Crippen molar-refractivity contribution in [3.63, 3.8) is 0 Å². The quantitative estimate of drug-likeness (QED) is 0.745. The molecule has 0 amide bonds. The van der Waals surface area contributed by atoms with Crippen LogP contribution in [-0.4, -0.2) is 11.2 Å². The van der Waals surface area contributed by atoms with Gasteiger partial charge in [0, 0.05) is 14.8 Å². The SMILES string of the molecule is CCCC[C@H](O)[C@H](N)c1ccccc1Sc1ccc(Cl)cc1.